The molecule has 0 aromatic heterocycles. The van der Waals surface area contributed by atoms with Crippen molar-refractivity contribution in [2.45, 2.75) is 0 Å². The molecule has 6 heteroatoms. The van der Waals surface area contributed by atoms with Crippen molar-refractivity contribution >= 4 is 11.6 Å². The topological polar surface area (TPSA) is 94.9 Å². The molecule has 0 spiro atoms. The lowest BCUT2D eigenvalue weighted by molar-refractivity contribution is 0.394. The third kappa shape index (κ3) is 3.03. The molecule has 1 aromatic carbocycles. The van der Waals surface area contributed by atoms with E-state index >= 15 is 0 Å². The number of hydrogen-bond acceptors (Lipinski definition) is 4. The summed E-state index contributed by atoms with van der Waals surface area (Å²) in [6.45, 7) is 0. The zero-order valence-electron chi connectivity index (χ0n) is 8.65. The number of aliphatic imine (C=N–C) groups is 1. The van der Waals surface area contributed by atoms with E-state index < -0.39 is 0 Å². The molecule has 0 saturated carbocycles. The van der Waals surface area contributed by atoms with E-state index in [1.54, 1.807) is 32.4 Å². The van der Waals surface area contributed by atoms with Crippen LogP contribution in [0.25, 0.3) is 0 Å². The molecule has 0 amide bonds. The Morgan fingerprint density at radius 3 is 2.13 bits per heavy atom. The molecule has 1 aromatic rings. The number of hydrazine groups is 1. The van der Waals surface area contributed by atoms with Gasteiger partial charge < -0.3 is 15.2 Å². The highest BCUT2D eigenvalue weighted by molar-refractivity contribution is 5.80. The summed E-state index contributed by atoms with van der Waals surface area (Å²) in [6.07, 6.45) is 0. The monoisotopic (exact) mass is 210 g/mol. The molecule has 0 aliphatic rings. The molecule has 0 bridgehead atoms. The number of ether oxygens (including phenoxy) is 2. The van der Waals surface area contributed by atoms with Crippen LogP contribution >= 0.6 is 0 Å². The molecular formula is C9H14N4O2. The highest BCUT2D eigenvalue weighted by Gasteiger charge is 2.01. The molecule has 0 aliphatic heterocycles. The van der Waals surface area contributed by atoms with Gasteiger partial charge in [0.2, 0.25) is 5.96 Å². The molecule has 0 radical (unpaired) electrons. The minimum atomic E-state index is 0.116. The maximum Gasteiger partial charge on any atom is 0.208 e. The van der Waals surface area contributed by atoms with Gasteiger partial charge in [-0.05, 0) is 0 Å². The first-order chi connectivity index (χ1) is 7.19. The third-order valence-electron chi connectivity index (χ3n) is 1.73. The Labute approximate surface area is 87.8 Å². The van der Waals surface area contributed by atoms with Crippen LogP contribution in [-0.4, -0.2) is 20.2 Å². The van der Waals surface area contributed by atoms with Crippen molar-refractivity contribution in [2.24, 2.45) is 16.6 Å². The van der Waals surface area contributed by atoms with Crippen LogP contribution in [0.4, 0.5) is 5.69 Å². The largest absolute Gasteiger partial charge is 0.497 e. The fourth-order valence-corrected chi connectivity index (χ4v) is 1.03. The normalized spacial score (nSPS) is 11.0. The van der Waals surface area contributed by atoms with Gasteiger partial charge in [-0.25, -0.2) is 10.8 Å². The zero-order valence-corrected chi connectivity index (χ0v) is 8.65. The summed E-state index contributed by atoms with van der Waals surface area (Å²) < 4.78 is 10.1. The second kappa shape index (κ2) is 5.06. The Kier molecular flexibility index (Phi) is 3.75. The fraction of sp³-hybridized carbons (Fsp3) is 0.222. The summed E-state index contributed by atoms with van der Waals surface area (Å²) in [5, 5.41) is 0. The van der Waals surface area contributed by atoms with Crippen LogP contribution in [0.3, 0.4) is 0 Å². The molecule has 0 atom stereocenters. The van der Waals surface area contributed by atoms with Crippen molar-refractivity contribution in [3.05, 3.63) is 18.2 Å². The van der Waals surface area contributed by atoms with Gasteiger partial charge in [0, 0.05) is 18.2 Å². The molecule has 82 valence electrons. The molecule has 0 heterocycles. The number of nitrogens with two attached hydrogens (primary N) is 2. The number of nitrogens with one attached hydrogen (secondary N) is 1. The van der Waals surface area contributed by atoms with E-state index in [1.807, 2.05) is 0 Å². The molecule has 0 unspecified atom stereocenters. The van der Waals surface area contributed by atoms with E-state index in [0.29, 0.717) is 17.2 Å². The predicted molar refractivity (Wildman–Crippen MR) is 58.2 cm³/mol. The van der Waals surface area contributed by atoms with Gasteiger partial charge in [-0.15, -0.1) is 0 Å². The number of rotatable bonds is 3. The first kappa shape index (κ1) is 11.1. The van der Waals surface area contributed by atoms with Crippen molar-refractivity contribution in [1.29, 1.82) is 0 Å². The lowest BCUT2D eigenvalue weighted by Crippen LogP contribution is -2.36. The van der Waals surface area contributed by atoms with Crippen molar-refractivity contribution in [3.63, 3.8) is 0 Å². The minimum absolute atomic E-state index is 0.116. The van der Waals surface area contributed by atoms with Crippen LogP contribution in [-0.2, 0) is 0 Å². The van der Waals surface area contributed by atoms with Gasteiger partial charge in [-0.1, -0.05) is 0 Å². The van der Waals surface area contributed by atoms with Crippen LogP contribution in [0.15, 0.2) is 23.2 Å². The number of guanidine groups is 1. The van der Waals surface area contributed by atoms with E-state index in [-0.39, 0.29) is 5.96 Å². The van der Waals surface area contributed by atoms with E-state index in [9.17, 15) is 0 Å². The van der Waals surface area contributed by atoms with Crippen LogP contribution < -0.4 is 26.5 Å². The van der Waals surface area contributed by atoms with E-state index in [2.05, 4.69) is 10.4 Å². The summed E-state index contributed by atoms with van der Waals surface area (Å²) >= 11 is 0. The maximum atomic E-state index is 5.42. The predicted octanol–water partition coefficient (Wildman–Crippen LogP) is 0.113. The van der Waals surface area contributed by atoms with E-state index in [4.69, 9.17) is 21.1 Å². The highest BCUT2D eigenvalue weighted by Crippen LogP contribution is 2.27. The van der Waals surface area contributed by atoms with Crippen molar-refractivity contribution in [2.75, 3.05) is 14.2 Å². The van der Waals surface area contributed by atoms with Crippen LogP contribution in [0.5, 0.6) is 11.5 Å². The lowest BCUT2D eigenvalue weighted by atomic mass is 10.3. The molecule has 5 N–H and O–H groups in total. The van der Waals surface area contributed by atoms with E-state index in [1.165, 1.54) is 0 Å². The number of benzene rings is 1. The number of methoxy groups -OCH3 is 2. The Morgan fingerprint density at radius 1 is 1.20 bits per heavy atom. The Bertz CT molecular complexity index is 343. The van der Waals surface area contributed by atoms with Gasteiger partial charge in [0.25, 0.3) is 0 Å². The first-order valence-corrected chi connectivity index (χ1v) is 4.23. The average molecular weight is 210 g/mol. The number of hydrogen-bond donors (Lipinski definition) is 3. The summed E-state index contributed by atoms with van der Waals surface area (Å²) in [5.41, 5.74) is 8.25. The summed E-state index contributed by atoms with van der Waals surface area (Å²) in [4.78, 5) is 3.99. The summed E-state index contributed by atoms with van der Waals surface area (Å²) in [5.74, 6) is 6.48. The molecule has 1 rings (SSSR count). The number of nitrogens with zero attached hydrogens (tertiary/aromatic N) is 1. The molecule has 15 heavy (non-hydrogen) atoms. The second-order valence-corrected chi connectivity index (χ2v) is 2.71. The van der Waals surface area contributed by atoms with Crippen LogP contribution in [0, 0.1) is 0 Å². The highest BCUT2D eigenvalue weighted by atomic mass is 16.5. The third-order valence-corrected chi connectivity index (χ3v) is 1.73. The lowest BCUT2D eigenvalue weighted by Gasteiger charge is -2.06. The van der Waals surface area contributed by atoms with Gasteiger partial charge in [0.15, 0.2) is 0 Å². The molecule has 0 aliphatic carbocycles. The Balaban J connectivity index is 3.07. The molecule has 6 nitrogen and oxygen atoms in total. The second-order valence-electron chi connectivity index (χ2n) is 2.71. The fourth-order valence-electron chi connectivity index (χ4n) is 1.03. The molecular weight excluding hydrogens is 196 g/mol. The van der Waals surface area contributed by atoms with Gasteiger partial charge in [-0.3, -0.25) is 5.43 Å². The summed E-state index contributed by atoms with van der Waals surface area (Å²) in [6, 6.07) is 5.17. The zero-order chi connectivity index (χ0) is 11.3. The quantitative estimate of drug-likeness (QED) is 0.285. The Hall–Kier alpha value is -1.95. The van der Waals surface area contributed by atoms with Crippen LogP contribution in [0.1, 0.15) is 0 Å². The molecule has 0 saturated heterocycles. The van der Waals surface area contributed by atoms with Crippen molar-refractivity contribution < 1.29 is 9.47 Å². The van der Waals surface area contributed by atoms with Gasteiger partial charge >= 0.3 is 0 Å². The van der Waals surface area contributed by atoms with Crippen molar-refractivity contribution in [1.82, 2.24) is 5.43 Å². The molecule has 0 fully saturated rings. The summed E-state index contributed by atoms with van der Waals surface area (Å²) in [7, 11) is 3.12. The van der Waals surface area contributed by atoms with Gasteiger partial charge in [0.1, 0.15) is 11.5 Å². The smallest absolute Gasteiger partial charge is 0.208 e. The van der Waals surface area contributed by atoms with Crippen molar-refractivity contribution in [3.8, 4) is 11.5 Å². The standard InChI is InChI=1S/C9H14N4O2/c1-14-7-3-6(12-9(10)13-11)4-8(5-7)15-2/h3-5H,11H2,1-2H3,(H3,10,12,13). The van der Waals surface area contributed by atoms with Gasteiger partial charge in [-0.2, -0.15) is 0 Å². The van der Waals surface area contributed by atoms with E-state index in [0.717, 1.165) is 0 Å². The Morgan fingerprint density at radius 2 is 1.73 bits per heavy atom. The minimum Gasteiger partial charge on any atom is -0.497 e. The maximum absolute atomic E-state index is 5.42. The van der Waals surface area contributed by atoms with Crippen LogP contribution in [0.2, 0.25) is 0 Å². The average Bonchev–Trinajstić information content (AvgIpc) is 2.28. The van der Waals surface area contributed by atoms with Gasteiger partial charge in [0.05, 0.1) is 19.9 Å². The first-order valence-electron chi connectivity index (χ1n) is 4.23. The SMILES string of the molecule is COc1cc(N=C(N)NN)cc(OC)c1.